The van der Waals surface area contributed by atoms with Gasteiger partial charge in [0.2, 0.25) is 0 Å². The van der Waals surface area contributed by atoms with Gasteiger partial charge in [-0.25, -0.2) is 14.4 Å². The van der Waals surface area contributed by atoms with E-state index in [1.165, 1.54) is 50.9 Å². The molecule has 1 aromatic heterocycles. The van der Waals surface area contributed by atoms with Gasteiger partial charge in [-0.2, -0.15) is 0 Å². The monoisotopic (exact) mass is 498 g/mol. The molecule has 0 saturated carbocycles. The summed E-state index contributed by atoms with van der Waals surface area (Å²) in [6.07, 6.45) is 0.640. The van der Waals surface area contributed by atoms with E-state index < -0.39 is 17.9 Å². The van der Waals surface area contributed by atoms with E-state index >= 15 is 0 Å². The standard InChI is InChI=1S/C24H22N2O6S2/c1-30-21(27)15-10-16(22(28)31-2)12-17(11-15)25-24(33)26-20-19(23(29)32-3)13-18(34-20)9-14-7-5-4-6-8-14/h4-8,10-13H,9H2,1-3H3,(H2,25,26,33). The van der Waals surface area contributed by atoms with E-state index in [4.69, 9.17) is 26.4 Å². The first kappa shape index (κ1) is 24.9. The first-order chi connectivity index (χ1) is 16.3. The number of benzene rings is 2. The zero-order valence-electron chi connectivity index (χ0n) is 18.7. The van der Waals surface area contributed by atoms with Crippen molar-refractivity contribution in [2.24, 2.45) is 0 Å². The van der Waals surface area contributed by atoms with Crippen LogP contribution in [-0.4, -0.2) is 44.3 Å². The van der Waals surface area contributed by atoms with Gasteiger partial charge in [0.05, 0.1) is 38.0 Å². The van der Waals surface area contributed by atoms with Crippen LogP contribution in [0, 0.1) is 0 Å². The maximum atomic E-state index is 12.3. The number of hydrogen-bond acceptors (Lipinski definition) is 8. The highest BCUT2D eigenvalue weighted by molar-refractivity contribution is 7.80. The molecular formula is C24H22N2O6S2. The Labute approximate surface area is 205 Å². The Morgan fingerprint density at radius 1 is 0.824 bits per heavy atom. The van der Waals surface area contributed by atoms with Gasteiger partial charge in [0.15, 0.2) is 5.11 Å². The lowest BCUT2D eigenvalue weighted by molar-refractivity contribution is 0.0588. The molecular weight excluding hydrogens is 476 g/mol. The van der Waals surface area contributed by atoms with E-state index in [1.54, 1.807) is 6.07 Å². The van der Waals surface area contributed by atoms with Crippen molar-refractivity contribution in [2.75, 3.05) is 32.0 Å². The van der Waals surface area contributed by atoms with Crippen molar-refractivity contribution in [3.8, 4) is 0 Å². The van der Waals surface area contributed by atoms with Crippen LogP contribution in [-0.2, 0) is 20.6 Å². The number of rotatable bonds is 7. The lowest BCUT2D eigenvalue weighted by Crippen LogP contribution is -2.20. The largest absolute Gasteiger partial charge is 0.465 e. The summed E-state index contributed by atoms with van der Waals surface area (Å²) in [5.74, 6) is -1.74. The van der Waals surface area contributed by atoms with Gasteiger partial charge >= 0.3 is 17.9 Å². The van der Waals surface area contributed by atoms with Crippen molar-refractivity contribution >= 4 is 57.3 Å². The molecule has 0 spiro atoms. The molecule has 0 aliphatic carbocycles. The maximum Gasteiger partial charge on any atom is 0.340 e. The molecule has 0 atom stereocenters. The zero-order chi connectivity index (χ0) is 24.7. The fourth-order valence-electron chi connectivity index (χ4n) is 3.12. The summed E-state index contributed by atoms with van der Waals surface area (Å²) in [6.45, 7) is 0. The Hall–Kier alpha value is -3.76. The fourth-order valence-corrected chi connectivity index (χ4v) is 4.48. The Morgan fingerprint density at radius 2 is 1.41 bits per heavy atom. The van der Waals surface area contributed by atoms with Gasteiger partial charge in [-0.3, -0.25) is 0 Å². The predicted octanol–water partition coefficient (Wildman–Crippen LogP) is 4.51. The lowest BCUT2D eigenvalue weighted by Gasteiger charge is -2.12. The number of hydrogen-bond donors (Lipinski definition) is 2. The molecule has 0 fully saturated rings. The van der Waals surface area contributed by atoms with Crippen molar-refractivity contribution in [1.29, 1.82) is 0 Å². The number of anilines is 2. The Balaban J connectivity index is 1.84. The fraction of sp³-hybridized carbons (Fsp3) is 0.167. The van der Waals surface area contributed by atoms with E-state index in [2.05, 4.69) is 10.6 Å². The summed E-state index contributed by atoms with van der Waals surface area (Å²) in [5.41, 5.74) is 2.10. The number of esters is 3. The summed E-state index contributed by atoms with van der Waals surface area (Å²) in [5, 5.41) is 6.60. The minimum absolute atomic E-state index is 0.146. The van der Waals surface area contributed by atoms with Gasteiger partial charge in [-0.15, -0.1) is 11.3 Å². The Kier molecular flexibility index (Phi) is 8.34. The second-order valence-electron chi connectivity index (χ2n) is 6.97. The smallest absolute Gasteiger partial charge is 0.340 e. The molecule has 3 aromatic rings. The molecule has 34 heavy (non-hydrogen) atoms. The van der Waals surface area contributed by atoms with Crippen LogP contribution >= 0.6 is 23.6 Å². The summed E-state index contributed by atoms with van der Waals surface area (Å²) in [4.78, 5) is 37.3. The maximum absolute atomic E-state index is 12.3. The van der Waals surface area contributed by atoms with Crippen LogP contribution in [0.25, 0.3) is 0 Å². The minimum atomic E-state index is -0.621. The van der Waals surface area contributed by atoms with Crippen LogP contribution in [0.15, 0.2) is 54.6 Å². The van der Waals surface area contributed by atoms with E-state index in [-0.39, 0.29) is 16.2 Å². The highest BCUT2D eigenvalue weighted by Gasteiger charge is 2.19. The summed E-state index contributed by atoms with van der Waals surface area (Å²) < 4.78 is 14.4. The molecule has 3 rings (SSSR count). The van der Waals surface area contributed by atoms with Crippen molar-refractivity contribution in [3.63, 3.8) is 0 Å². The molecule has 0 radical (unpaired) electrons. The molecule has 176 valence electrons. The molecule has 0 amide bonds. The summed E-state index contributed by atoms with van der Waals surface area (Å²) in [7, 11) is 3.79. The zero-order valence-corrected chi connectivity index (χ0v) is 20.3. The highest BCUT2D eigenvalue weighted by Crippen LogP contribution is 2.31. The lowest BCUT2D eigenvalue weighted by atomic mass is 10.1. The van der Waals surface area contributed by atoms with Crippen LogP contribution in [0.5, 0.6) is 0 Å². The van der Waals surface area contributed by atoms with Crippen molar-refractivity contribution in [1.82, 2.24) is 0 Å². The number of carbonyl (C=O) groups excluding carboxylic acids is 3. The topological polar surface area (TPSA) is 103 Å². The number of methoxy groups -OCH3 is 3. The third-order valence-electron chi connectivity index (χ3n) is 4.67. The summed E-state index contributed by atoms with van der Waals surface area (Å²) in [6, 6.07) is 16.0. The quantitative estimate of drug-likeness (QED) is 0.277. The van der Waals surface area contributed by atoms with Gasteiger partial charge in [-0.1, -0.05) is 30.3 Å². The van der Waals surface area contributed by atoms with E-state index in [1.807, 2.05) is 30.3 Å². The molecule has 8 nitrogen and oxygen atoms in total. The molecule has 0 aliphatic heterocycles. The number of carbonyl (C=O) groups is 3. The highest BCUT2D eigenvalue weighted by atomic mass is 32.1. The van der Waals surface area contributed by atoms with Crippen LogP contribution in [0.2, 0.25) is 0 Å². The first-order valence-electron chi connectivity index (χ1n) is 9.99. The SMILES string of the molecule is COC(=O)c1cc(NC(=S)Nc2sc(Cc3ccccc3)cc2C(=O)OC)cc(C(=O)OC)c1. The van der Waals surface area contributed by atoms with Crippen molar-refractivity contribution in [3.05, 3.63) is 81.7 Å². The van der Waals surface area contributed by atoms with Gasteiger partial charge < -0.3 is 24.8 Å². The molecule has 0 bridgehead atoms. The minimum Gasteiger partial charge on any atom is -0.465 e. The number of ether oxygens (including phenoxy) is 3. The molecule has 1 heterocycles. The average Bonchev–Trinajstić information content (AvgIpc) is 3.24. The van der Waals surface area contributed by atoms with Gasteiger partial charge in [-0.05, 0) is 42.0 Å². The van der Waals surface area contributed by atoms with E-state index in [9.17, 15) is 14.4 Å². The Bertz CT molecular complexity index is 1190. The van der Waals surface area contributed by atoms with E-state index in [0.717, 1.165) is 10.4 Å². The Morgan fingerprint density at radius 3 is 1.97 bits per heavy atom. The first-order valence-corrected chi connectivity index (χ1v) is 11.2. The molecule has 10 heteroatoms. The second kappa shape index (κ2) is 11.4. The van der Waals surface area contributed by atoms with Gasteiger partial charge in [0.1, 0.15) is 5.00 Å². The second-order valence-corrected chi connectivity index (χ2v) is 8.52. The van der Waals surface area contributed by atoms with E-state index in [0.29, 0.717) is 22.7 Å². The molecule has 0 aliphatic rings. The number of thiophene rings is 1. The average molecular weight is 499 g/mol. The number of nitrogens with one attached hydrogen (secondary N) is 2. The molecule has 0 unspecified atom stereocenters. The molecule has 0 saturated heterocycles. The summed E-state index contributed by atoms with van der Waals surface area (Å²) >= 11 is 6.79. The third kappa shape index (κ3) is 6.18. The van der Waals surface area contributed by atoms with Crippen molar-refractivity contribution < 1.29 is 28.6 Å². The van der Waals surface area contributed by atoms with Crippen LogP contribution in [0.3, 0.4) is 0 Å². The van der Waals surface area contributed by atoms with Crippen LogP contribution < -0.4 is 10.6 Å². The predicted molar refractivity (Wildman–Crippen MR) is 134 cm³/mol. The van der Waals surface area contributed by atoms with Crippen molar-refractivity contribution in [2.45, 2.75) is 6.42 Å². The molecule has 2 aromatic carbocycles. The van der Waals surface area contributed by atoms with Crippen LogP contribution in [0.1, 0.15) is 41.5 Å². The normalized spacial score (nSPS) is 10.2. The van der Waals surface area contributed by atoms with Gasteiger partial charge in [0.25, 0.3) is 0 Å². The molecule has 2 N–H and O–H groups in total. The number of thiocarbonyl (C=S) groups is 1. The van der Waals surface area contributed by atoms with Gasteiger partial charge in [0, 0.05) is 17.0 Å². The third-order valence-corrected chi connectivity index (χ3v) is 5.92. The van der Waals surface area contributed by atoms with Crippen LogP contribution in [0.4, 0.5) is 10.7 Å².